The maximum Gasteiger partial charge on any atom is 0.392 e. The Kier molecular flexibility index (Phi) is 9.14. The lowest BCUT2D eigenvalue weighted by Gasteiger charge is -2.24. The van der Waals surface area contributed by atoms with Crippen LogP contribution in [0.1, 0.15) is 57.4 Å². The van der Waals surface area contributed by atoms with Crippen LogP contribution in [0.25, 0.3) is 0 Å². The predicted molar refractivity (Wildman–Crippen MR) is 98.2 cm³/mol. The van der Waals surface area contributed by atoms with Crippen LogP contribution in [0.5, 0.6) is 5.75 Å². The zero-order valence-corrected chi connectivity index (χ0v) is 16.3. The molecule has 0 aliphatic carbocycles. The van der Waals surface area contributed by atoms with E-state index in [0.717, 1.165) is 24.3 Å². The van der Waals surface area contributed by atoms with Crippen LogP contribution in [0.2, 0.25) is 18.1 Å². The minimum atomic E-state index is -2.16. The Morgan fingerprint density at radius 2 is 1.64 bits per heavy atom. The SMILES string of the molecule is CCCCCCCCCO[Si](C)(C)Oc1cc(C)ccc1Cl. The summed E-state index contributed by atoms with van der Waals surface area (Å²) in [5, 5.41) is 0.658. The van der Waals surface area contributed by atoms with E-state index in [9.17, 15) is 0 Å². The van der Waals surface area contributed by atoms with E-state index in [-0.39, 0.29) is 0 Å². The zero-order valence-electron chi connectivity index (χ0n) is 14.6. The van der Waals surface area contributed by atoms with Gasteiger partial charge in [-0.3, -0.25) is 0 Å². The van der Waals surface area contributed by atoms with Crippen molar-refractivity contribution in [2.45, 2.75) is 71.9 Å². The van der Waals surface area contributed by atoms with Crippen molar-refractivity contribution in [3.05, 3.63) is 28.8 Å². The first-order chi connectivity index (χ1) is 10.4. The van der Waals surface area contributed by atoms with Crippen molar-refractivity contribution in [3.8, 4) is 5.75 Å². The molecule has 0 heterocycles. The standard InChI is InChI=1S/C18H31ClO2Si/c1-5-6-7-8-9-10-11-14-20-22(3,4)21-18-15-16(2)12-13-17(18)19/h12-13,15H,5-11,14H2,1-4H3. The third kappa shape index (κ3) is 8.21. The summed E-state index contributed by atoms with van der Waals surface area (Å²) in [6, 6.07) is 5.85. The number of halogens is 1. The van der Waals surface area contributed by atoms with Gasteiger partial charge in [-0.15, -0.1) is 0 Å². The van der Waals surface area contributed by atoms with E-state index in [4.69, 9.17) is 20.5 Å². The molecule has 0 aliphatic rings. The van der Waals surface area contributed by atoms with Gasteiger partial charge in [0.2, 0.25) is 0 Å². The van der Waals surface area contributed by atoms with Crippen LogP contribution >= 0.6 is 11.6 Å². The molecule has 2 nitrogen and oxygen atoms in total. The smallest absolute Gasteiger partial charge is 0.392 e. The highest BCUT2D eigenvalue weighted by atomic mass is 35.5. The van der Waals surface area contributed by atoms with Gasteiger partial charge in [0.25, 0.3) is 0 Å². The minimum Gasteiger partial charge on any atom is -0.519 e. The van der Waals surface area contributed by atoms with E-state index < -0.39 is 8.56 Å². The second-order valence-corrected chi connectivity index (χ2v) is 10.1. The van der Waals surface area contributed by atoms with E-state index in [2.05, 4.69) is 20.0 Å². The molecular weight excluding hydrogens is 312 g/mol. The van der Waals surface area contributed by atoms with E-state index in [1.165, 1.54) is 38.5 Å². The topological polar surface area (TPSA) is 18.5 Å². The maximum atomic E-state index is 6.19. The molecule has 22 heavy (non-hydrogen) atoms. The van der Waals surface area contributed by atoms with Crippen LogP contribution in [0.4, 0.5) is 0 Å². The van der Waals surface area contributed by atoms with Crippen LogP contribution in [0, 0.1) is 6.92 Å². The van der Waals surface area contributed by atoms with Gasteiger partial charge in [-0.05, 0) is 44.1 Å². The molecule has 0 fully saturated rings. The number of hydrogen-bond donors (Lipinski definition) is 0. The van der Waals surface area contributed by atoms with Crippen molar-refractivity contribution in [1.29, 1.82) is 0 Å². The van der Waals surface area contributed by atoms with Gasteiger partial charge in [0, 0.05) is 6.61 Å². The zero-order chi connectivity index (χ0) is 16.4. The average molecular weight is 343 g/mol. The molecule has 1 rings (SSSR count). The second-order valence-electron chi connectivity index (χ2n) is 6.41. The quantitative estimate of drug-likeness (QED) is 0.337. The average Bonchev–Trinajstić information content (AvgIpc) is 2.45. The summed E-state index contributed by atoms with van der Waals surface area (Å²) in [6.07, 6.45) is 9.07. The lowest BCUT2D eigenvalue weighted by molar-refractivity contribution is 0.240. The number of unbranched alkanes of at least 4 members (excludes halogenated alkanes) is 6. The predicted octanol–water partition coefficient (Wildman–Crippen LogP) is 6.50. The summed E-state index contributed by atoms with van der Waals surface area (Å²) < 4.78 is 12.1. The molecule has 1 aromatic carbocycles. The highest BCUT2D eigenvalue weighted by molar-refractivity contribution is 6.65. The van der Waals surface area contributed by atoms with Crippen molar-refractivity contribution < 1.29 is 8.85 Å². The van der Waals surface area contributed by atoms with Gasteiger partial charge in [0.05, 0.1) is 5.02 Å². The first-order valence-corrected chi connectivity index (χ1v) is 11.7. The molecule has 0 aliphatic heterocycles. The number of aryl methyl sites for hydroxylation is 1. The van der Waals surface area contributed by atoms with Gasteiger partial charge in [0.1, 0.15) is 5.75 Å². The fourth-order valence-electron chi connectivity index (χ4n) is 2.36. The first-order valence-electron chi connectivity index (χ1n) is 8.54. The molecule has 0 spiro atoms. The fraction of sp³-hybridized carbons (Fsp3) is 0.667. The molecule has 0 saturated carbocycles. The molecule has 0 bridgehead atoms. The molecule has 0 amide bonds. The first kappa shape index (κ1) is 19.5. The van der Waals surface area contributed by atoms with Crippen molar-refractivity contribution in [2.75, 3.05) is 6.61 Å². The molecule has 0 saturated heterocycles. The summed E-state index contributed by atoms with van der Waals surface area (Å²) >= 11 is 6.19. The van der Waals surface area contributed by atoms with Crippen LogP contribution < -0.4 is 4.43 Å². The Morgan fingerprint density at radius 3 is 2.32 bits per heavy atom. The van der Waals surface area contributed by atoms with Crippen molar-refractivity contribution in [1.82, 2.24) is 0 Å². The van der Waals surface area contributed by atoms with Gasteiger partial charge in [-0.25, -0.2) is 0 Å². The highest BCUT2D eigenvalue weighted by Crippen LogP contribution is 2.28. The largest absolute Gasteiger partial charge is 0.519 e. The van der Waals surface area contributed by atoms with Gasteiger partial charge in [-0.2, -0.15) is 0 Å². The lowest BCUT2D eigenvalue weighted by atomic mass is 10.1. The van der Waals surface area contributed by atoms with E-state index in [1.54, 1.807) is 0 Å². The fourth-order valence-corrected chi connectivity index (χ4v) is 3.97. The van der Waals surface area contributed by atoms with Gasteiger partial charge < -0.3 is 8.85 Å². The lowest BCUT2D eigenvalue weighted by Crippen LogP contribution is -2.38. The van der Waals surface area contributed by atoms with Gasteiger partial charge in [0.15, 0.2) is 0 Å². The van der Waals surface area contributed by atoms with Crippen molar-refractivity contribution >= 4 is 20.2 Å². The monoisotopic (exact) mass is 342 g/mol. The molecule has 4 heteroatoms. The summed E-state index contributed by atoms with van der Waals surface area (Å²) in [5.41, 5.74) is 1.15. The molecular formula is C18H31ClO2Si. The summed E-state index contributed by atoms with van der Waals surface area (Å²) in [5.74, 6) is 0.748. The minimum absolute atomic E-state index is 0.658. The van der Waals surface area contributed by atoms with Gasteiger partial charge in [-0.1, -0.05) is 63.1 Å². The highest BCUT2D eigenvalue weighted by Gasteiger charge is 2.27. The molecule has 1 aromatic rings. The Hall–Kier alpha value is -0.513. The normalized spacial score (nSPS) is 11.7. The number of benzene rings is 1. The molecule has 0 aromatic heterocycles. The van der Waals surface area contributed by atoms with E-state index >= 15 is 0 Å². The van der Waals surface area contributed by atoms with Crippen molar-refractivity contribution in [3.63, 3.8) is 0 Å². The third-order valence-electron chi connectivity index (χ3n) is 3.64. The Labute approximate surface area is 142 Å². The van der Waals surface area contributed by atoms with Gasteiger partial charge >= 0.3 is 8.56 Å². The summed E-state index contributed by atoms with van der Waals surface area (Å²) in [7, 11) is -2.16. The molecule has 0 N–H and O–H groups in total. The number of hydrogen-bond acceptors (Lipinski definition) is 2. The second kappa shape index (κ2) is 10.3. The number of rotatable bonds is 11. The Balaban J connectivity index is 2.25. The molecule has 126 valence electrons. The molecule has 0 atom stereocenters. The summed E-state index contributed by atoms with van der Waals surface area (Å²) in [6.45, 7) is 9.23. The molecule has 0 unspecified atom stereocenters. The van der Waals surface area contributed by atoms with Crippen LogP contribution in [0.3, 0.4) is 0 Å². The summed E-state index contributed by atoms with van der Waals surface area (Å²) in [4.78, 5) is 0. The van der Waals surface area contributed by atoms with E-state index in [1.807, 2.05) is 25.1 Å². The van der Waals surface area contributed by atoms with E-state index in [0.29, 0.717) is 5.02 Å². The van der Waals surface area contributed by atoms with Crippen LogP contribution in [-0.2, 0) is 4.43 Å². The third-order valence-corrected chi connectivity index (χ3v) is 5.56. The molecule has 0 radical (unpaired) electrons. The van der Waals surface area contributed by atoms with Crippen LogP contribution in [-0.4, -0.2) is 15.2 Å². The maximum absolute atomic E-state index is 6.19. The Bertz CT molecular complexity index is 435. The van der Waals surface area contributed by atoms with Crippen molar-refractivity contribution in [2.24, 2.45) is 0 Å². The Morgan fingerprint density at radius 1 is 1.00 bits per heavy atom. The van der Waals surface area contributed by atoms with Crippen LogP contribution in [0.15, 0.2) is 18.2 Å².